The molecule has 2 N–H and O–H groups in total. The second kappa shape index (κ2) is 9.75. The van der Waals surface area contributed by atoms with Crippen LogP contribution >= 0.6 is 27.7 Å². The van der Waals surface area contributed by atoms with Crippen LogP contribution in [0.4, 0.5) is 0 Å². The van der Waals surface area contributed by atoms with Crippen molar-refractivity contribution in [1.82, 2.24) is 9.97 Å². The molecule has 0 radical (unpaired) electrons. The summed E-state index contributed by atoms with van der Waals surface area (Å²) >= 11 is 4.53. The normalized spacial score (nSPS) is 11.7. The number of benzene rings is 4. The predicted octanol–water partition coefficient (Wildman–Crippen LogP) is 7.28. The van der Waals surface area contributed by atoms with Gasteiger partial charge >= 0.3 is 5.97 Å². The number of nitrogens with zero attached hydrogens (tertiary/aromatic N) is 1. The van der Waals surface area contributed by atoms with E-state index in [1.165, 1.54) is 0 Å². The summed E-state index contributed by atoms with van der Waals surface area (Å²) in [6, 6.07) is 27.2. The van der Waals surface area contributed by atoms with E-state index in [-0.39, 0.29) is 4.91 Å². The molecule has 0 atom stereocenters. The number of thioether (sulfide) groups is 1. The summed E-state index contributed by atoms with van der Waals surface area (Å²) in [4.78, 5) is 20.0. The molecule has 5 rings (SSSR count). The number of rotatable bonds is 7. The first-order chi connectivity index (χ1) is 16.6. The van der Waals surface area contributed by atoms with Crippen LogP contribution in [0.15, 0.2) is 99.5 Å². The third-order valence-electron chi connectivity index (χ3n) is 5.30. The van der Waals surface area contributed by atoms with Crippen molar-refractivity contribution in [3.05, 3.63) is 105 Å². The van der Waals surface area contributed by atoms with E-state index in [9.17, 15) is 9.90 Å². The maximum absolute atomic E-state index is 12.2. The zero-order valence-corrected chi connectivity index (χ0v) is 20.3. The number of hydrogen-bond donors (Lipinski definition) is 2. The number of fused-ring (bicyclic) bond motifs is 2. The largest absolute Gasteiger partial charge is 0.488 e. The highest BCUT2D eigenvalue weighted by Gasteiger charge is 2.16. The molecule has 5 nitrogen and oxygen atoms in total. The number of carboxylic acid groups (broad SMARTS) is 1. The van der Waals surface area contributed by atoms with Crippen molar-refractivity contribution in [2.24, 2.45) is 0 Å². The molecule has 0 aliphatic rings. The van der Waals surface area contributed by atoms with Crippen molar-refractivity contribution in [1.29, 1.82) is 0 Å². The molecule has 4 aromatic carbocycles. The van der Waals surface area contributed by atoms with E-state index in [4.69, 9.17) is 4.74 Å². The van der Waals surface area contributed by atoms with Crippen molar-refractivity contribution in [2.75, 3.05) is 0 Å². The SMILES string of the molecule is O=C(O)/C(=C/c1c(OCc2ccc(Br)cc2)ccc2ccccc12)Sc1nc2ccccc2[nH]1. The molecule has 5 aromatic rings. The van der Waals surface area contributed by atoms with Gasteiger partial charge in [-0.25, -0.2) is 9.78 Å². The fourth-order valence-electron chi connectivity index (χ4n) is 3.64. The van der Waals surface area contributed by atoms with Crippen molar-refractivity contribution >= 4 is 61.5 Å². The molecular formula is C27H19BrN2O3S. The molecule has 7 heteroatoms. The minimum absolute atomic E-state index is 0.143. The van der Waals surface area contributed by atoms with Crippen LogP contribution in [0.2, 0.25) is 0 Å². The van der Waals surface area contributed by atoms with E-state index in [1.807, 2.05) is 84.9 Å². The lowest BCUT2D eigenvalue weighted by atomic mass is 10.0. The number of H-pyrrole nitrogens is 1. The monoisotopic (exact) mass is 530 g/mol. The number of nitrogens with one attached hydrogen (secondary N) is 1. The molecule has 0 amide bonds. The second-order valence-electron chi connectivity index (χ2n) is 7.59. The summed E-state index contributed by atoms with van der Waals surface area (Å²) < 4.78 is 7.16. The van der Waals surface area contributed by atoms with Crippen LogP contribution in [-0.2, 0) is 11.4 Å². The highest BCUT2D eigenvalue weighted by molar-refractivity contribution is 9.10. The quantitative estimate of drug-likeness (QED) is 0.171. The van der Waals surface area contributed by atoms with E-state index < -0.39 is 5.97 Å². The van der Waals surface area contributed by atoms with E-state index in [1.54, 1.807) is 6.08 Å². The molecule has 0 aliphatic carbocycles. The first-order valence-corrected chi connectivity index (χ1v) is 12.1. The van der Waals surface area contributed by atoms with Gasteiger partial charge in [0.25, 0.3) is 0 Å². The molecular weight excluding hydrogens is 512 g/mol. The molecule has 0 bridgehead atoms. The minimum Gasteiger partial charge on any atom is -0.488 e. The Morgan fingerprint density at radius 3 is 2.56 bits per heavy atom. The average molecular weight is 531 g/mol. The lowest BCUT2D eigenvalue weighted by molar-refractivity contribution is -0.131. The third-order valence-corrected chi connectivity index (χ3v) is 6.73. The summed E-state index contributed by atoms with van der Waals surface area (Å²) in [5.41, 5.74) is 3.38. The Kier molecular flexibility index (Phi) is 6.38. The number of halogens is 1. The van der Waals surface area contributed by atoms with E-state index in [0.29, 0.717) is 17.5 Å². The van der Waals surface area contributed by atoms with Crippen LogP contribution in [0, 0.1) is 0 Å². The molecule has 0 fully saturated rings. The summed E-state index contributed by atoms with van der Waals surface area (Å²) in [6.07, 6.45) is 1.67. The lowest BCUT2D eigenvalue weighted by Crippen LogP contribution is -2.00. The highest BCUT2D eigenvalue weighted by atomic mass is 79.9. The van der Waals surface area contributed by atoms with Gasteiger partial charge in [0.1, 0.15) is 17.3 Å². The zero-order chi connectivity index (χ0) is 23.5. The maximum atomic E-state index is 12.2. The molecule has 168 valence electrons. The van der Waals surface area contributed by atoms with E-state index in [0.717, 1.165) is 49.2 Å². The van der Waals surface area contributed by atoms with Crippen LogP contribution < -0.4 is 4.74 Å². The number of carbonyl (C=O) groups is 1. The predicted molar refractivity (Wildman–Crippen MR) is 140 cm³/mol. The van der Waals surface area contributed by atoms with Gasteiger partial charge < -0.3 is 14.8 Å². The van der Waals surface area contributed by atoms with E-state index in [2.05, 4.69) is 25.9 Å². The Hall–Kier alpha value is -3.55. The zero-order valence-electron chi connectivity index (χ0n) is 17.9. The Morgan fingerprint density at radius 1 is 1.00 bits per heavy atom. The molecule has 1 aromatic heterocycles. The molecule has 0 unspecified atom stereocenters. The van der Waals surface area contributed by atoms with Gasteiger partial charge in [-0.3, -0.25) is 0 Å². The van der Waals surface area contributed by atoms with Gasteiger partial charge in [0.05, 0.1) is 11.0 Å². The molecule has 34 heavy (non-hydrogen) atoms. The summed E-state index contributed by atoms with van der Waals surface area (Å²) in [6.45, 7) is 0.367. The molecule has 0 spiro atoms. The summed E-state index contributed by atoms with van der Waals surface area (Å²) in [5.74, 6) is -0.414. The number of aromatic amines is 1. The van der Waals surface area contributed by atoms with Crippen molar-refractivity contribution in [3.8, 4) is 5.75 Å². The fourth-order valence-corrected chi connectivity index (χ4v) is 4.68. The number of para-hydroxylation sites is 2. The van der Waals surface area contributed by atoms with Gasteiger partial charge in [0, 0.05) is 10.0 Å². The van der Waals surface area contributed by atoms with Gasteiger partial charge in [-0.2, -0.15) is 0 Å². The molecule has 0 saturated carbocycles. The highest BCUT2D eigenvalue weighted by Crippen LogP contribution is 2.35. The number of aromatic nitrogens is 2. The van der Waals surface area contributed by atoms with Crippen LogP contribution in [0.25, 0.3) is 27.9 Å². The standard InChI is InChI=1S/C27H19BrN2O3S/c28-19-12-9-17(10-13-19)16-33-24-14-11-18-5-1-2-6-20(18)21(24)15-25(26(31)32)34-27-29-22-7-3-4-8-23(22)30-27/h1-15H,16H2,(H,29,30)(H,31,32)/b25-15-. The van der Waals surface area contributed by atoms with Gasteiger partial charge in [0.2, 0.25) is 0 Å². The van der Waals surface area contributed by atoms with Gasteiger partial charge in [-0.1, -0.05) is 70.5 Å². The van der Waals surface area contributed by atoms with Crippen molar-refractivity contribution in [2.45, 2.75) is 11.8 Å². The van der Waals surface area contributed by atoms with Crippen molar-refractivity contribution < 1.29 is 14.6 Å². The number of hydrogen-bond acceptors (Lipinski definition) is 4. The topological polar surface area (TPSA) is 75.2 Å². The Balaban J connectivity index is 1.54. The second-order valence-corrected chi connectivity index (χ2v) is 9.53. The average Bonchev–Trinajstić information content (AvgIpc) is 3.26. The van der Waals surface area contributed by atoms with E-state index >= 15 is 0 Å². The summed E-state index contributed by atoms with van der Waals surface area (Å²) in [7, 11) is 0. The van der Waals surface area contributed by atoms with Crippen LogP contribution in [0.3, 0.4) is 0 Å². The summed E-state index contributed by atoms with van der Waals surface area (Å²) in [5, 5.41) is 12.4. The number of imidazole rings is 1. The van der Waals surface area contributed by atoms with Crippen molar-refractivity contribution in [3.63, 3.8) is 0 Å². The number of carboxylic acids is 1. The van der Waals surface area contributed by atoms with Gasteiger partial charge in [-0.15, -0.1) is 0 Å². The van der Waals surface area contributed by atoms with Gasteiger partial charge in [-0.05, 0) is 64.5 Å². The molecule has 0 saturated heterocycles. The molecule has 0 aliphatic heterocycles. The lowest BCUT2D eigenvalue weighted by Gasteiger charge is -2.13. The maximum Gasteiger partial charge on any atom is 0.342 e. The van der Waals surface area contributed by atoms with Crippen LogP contribution in [0.1, 0.15) is 11.1 Å². The van der Waals surface area contributed by atoms with Crippen LogP contribution in [0.5, 0.6) is 5.75 Å². The number of aliphatic carboxylic acids is 1. The Labute approximate surface area is 208 Å². The third kappa shape index (κ3) is 4.85. The Bertz CT molecular complexity index is 1490. The first kappa shape index (κ1) is 22.3. The van der Waals surface area contributed by atoms with Crippen LogP contribution in [-0.4, -0.2) is 21.0 Å². The smallest absolute Gasteiger partial charge is 0.342 e. The first-order valence-electron chi connectivity index (χ1n) is 10.5. The number of ether oxygens (including phenoxy) is 1. The fraction of sp³-hybridized carbons (Fsp3) is 0.0370. The minimum atomic E-state index is -1.03. The van der Waals surface area contributed by atoms with Gasteiger partial charge in [0.15, 0.2) is 5.16 Å². The molecule has 1 heterocycles. The Morgan fingerprint density at radius 2 is 1.76 bits per heavy atom.